The van der Waals surface area contributed by atoms with Crippen LogP contribution in [0.5, 0.6) is 0 Å². The Bertz CT molecular complexity index is 475. The van der Waals surface area contributed by atoms with E-state index in [0.717, 1.165) is 6.07 Å². The summed E-state index contributed by atoms with van der Waals surface area (Å²) in [5.74, 6) is -1.16. The average Bonchev–Trinajstić information content (AvgIpc) is 2.35. The van der Waals surface area contributed by atoms with E-state index in [0.29, 0.717) is 0 Å². The highest BCUT2D eigenvalue weighted by Crippen LogP contribution is 2.29. The lowest BCUT2D eigenvalue weighted by Gasteiger charge is -2.25. The molecule has 0 bridgehead atoms. The number of benzene rings is 1. The fourth-order valence-corrected chi connectivity index (χ4v) is 1.45. The zero-order valence-corrected chi connectivity index (χ0v) is 10.0. The molecule has 1 atom stereocenters. The number of rotatable bonds is 5. The largest absolute Gasteiger partial charge is 0.478 e. The molecule has 7 nitrogen and oxygen atoms in total. The lowest BCUT2D eigenvalue weighted by atomic mass is 10.1. The van der Waals surface area contributed by atoms with E-state index >= 15 is 0 Å². The van der Waals surface area contributed by atoms with Crippen molar-refractivity contribution in [1.82, 2.24) is 0 Å². The van der Waals surface area contributed by atoms with E-state index in [1.54, 1.807) is 14.0 Å². The van der Waals surface area contributed by atoms with Crippen molar-refractivity contribution in [2.24, 2.45) is 0 Å². The highest BCUT2D eigenvalue weighted by molar-refractivity contribution is 5.90. The molecular weight excluding hydrogens is 240 g/mol. The third kappa shape index (κ3) is 2.75. The van der Waals surface area contributed by atoms with Gasteiger partial charge in [0.05, 0.1) is 17.1 Å². The standard InChI is InChI=1S/C11H14N2O5/c1-7(6-14)12(2)10-5-8(11(15)16)3-4-9(10)13(17)18/h3-5,7,14H,6H2,1-2H3,(H,15,16). The summed E-state index contributed by atoms with van der Waals surface area (Å²) in [4.78, 5) is 22.6. The van der Waals surface area contributed by atoms with E-state index in [9.17, 15) is 14.9 Å². The summed E-state index contributed by atoms with van der Waals surface area (Å²) in [5, 5.41) is 28.8. The highest BCUT2D eigenvalue weighted by atomic mass is 16.6. The number of nitro groups is 1. The maximum atomic E-state index is 10.9. The molecule has 1 unspecified atom stereocenters. The number of nitro benzene ring substituents is 1. The topological polar surface area (TPSA) is 104 Å². The van der Waals surface area contributed by atoms with Crippen molar-refractivity contribution in [3.63, 3.8) is 0 Å². The van der Waals surface area contributed by atoms with Crippen LogP contribution in [0.25, 0.3) is 0 Å². The first-order valence-electron chi connectivity index (χ1n) is 5.24. The van der Waals surface area contributed by atoms with Gasteiger partial charge in [0.25, 0.3) is 5.69 Å². The van der Waals surface area contributed by atoms with Gasteiger partial charge in [-0.05, 0) is 19.1 Å². The molecule has 0 fully saturated rings. The molecule has 0 radical (unpaired) electrons. The molecule has 98 valence electrons. The molecule has 0 aromatic heterocycles. The van der Waals surface area contributed by atoms with Crippen molar-refractivity contribution >= 4 is 17.3 Å². The van der Waals surface area contributed by atoms with Crippen molar-refractivity contribution in [2.75, 3.05) is 18.6 Å². The molecule has 0 aliphatic heterocycles. The first kappa shape index (κ1) is 13.9. The van der Waals surface area contributed by atoms with E-state index in [2.05, 4.69) is 0 Å². The van der Waals surface area contributed by atoms with Gasteiger partial charge < -0.3 is 15.1 Å². The van der Waals surface area contributed by atoms with Gasteiger partial charge in [-0.3, -0.25) is 10.1 Å². The van der Waals surface area contributed by atoms with Gasteiger partial charge in [-0.1, -0.05) is 0 Å². The Hall–Kier alpha value is -2.15. The normalized spacial score (nSPS) is 11.9. The lowest BCUT2D eigenvalue weighted by molar-refractivity contribution is -0.384. The van der Waals surface area contributed by atoms with Gasteiger partial charge in [-0.25, -0.2) is 4.79 Å². The second-order valence-electron chi connectivity index (χ2n) is 3.91. The maximum Gasteiger partial charge on any atom is 0.335 e. The van der Waals surface area contributed by atoms with Gasteiger partial charge in [-0.15, -0.1) is 0 Å². The Balaban J connectivity index is 3.31. The Kier molecular flexibility index (Phi) is 4.22. The fourth-order valence-electron chi connectivity index (χ4n) is 1.45. The summed E-state index contributed by atoms with van der Waals surface area (Å²) in [6.45, 7) is 1.49. The Morgan fingerprint density at radius 2 is 2.17 bits per heavy atom. The minimum absolute atomic E-state index is 0.0346. The van der Waals surface area contributed by atoms with Crippen LogP contribution in [0, 0.1) is 10.1 Å². The predicted molar refractivity (Wildman–Crippen MR) is 65.0 cm³/mol. The number of aliphatic hydroxyl groups excluding tert-OH is 1. The third-order valence-corrected chi connectivity index (χ3v) is 2.72. The second kappa shape index (κ2) is 5.46. The molecule has 1 aromatic carbocycles. The van der Waals surface area contributed by atoms with Crippen molar-refractivity contribution in [1.29, 1.82) is 0 Å². The van der Waals surface area contributed by atoms with E-state index in [-0.39, 0.29) is 29.6 Å². The second-order valence-corrected chi connectivity index (χ2v) is 3.91. The molecule has 0 aliphatic rings. The monoisotopic (exact) mass is 254 g/mol. The van der Waals surface area contributed by atoms with Gasteiger partial charge in [0.2, 0.25) is 0 Å². The van der Waals surface area contributed by atoms with Crippen LogP contribution in [-0.2, 0) is 0 Å². The van der Waals surface area contributed by atoms with E-state index in [4.69, 9.17) is 10.2 Å². The molecule has 0 heterocycles. The molecule has 0 saturated carbocycles. The van der Waals surface area contributed by atoms with Crippen LogP contribution in [0.2, 0.25) is 0 Å². The van der Waals surface area contributed by atoms with Crippen LogP contribution in [0.15, 0.2) is 18.2 Å². The van der Waals surface area contributed by atoms with Gasteiger partial charge in [0.1, 0.15) is 5.69 Å². The number of carboxylic acids is 1. The minimum Gasteiger partial charge on any atom is -0.478 e. The fraction of sp³-hybridized carbons (Fsp3) is 0.364. The summed E-state index contributed by atoms with van der Waals surface area (Å²) in [5.41, 5.74) is -0.0585. The van der Waals surface area contributed by atoms with Crippen molar-refractivity contribution < 1.29 is 19.9 Å². The number of nitrogens with zero attached hydrogens (tertiary/aromatic N) is 2. The first-order chi connectivity index (χ1) is 8.38. The summed E-state index contributed by atoms with van der Waals surface area (Å²) in [6.07, 6.45) is 0. The van der Waals surface area contributed by atoms with Gasteiger partial charge in [0, 0.05) is 19.2 Å². The Labute approximate surface area is 103 Å². The SMILES string of the molecule is CC(CO)N(C)c1cc(C(=O)O)ccc1[N+](=O)[O-]. The summed E-state index contributed by atoms with van der Waals surface area (Å²) in [7, 11) is 1.56. The number of hydrogen-bond acceptors (Lipinski definition) is 5. The van der Waals surface area contributed by atoms with Gasteiger partial charge >= 0.3 is 5.97 Å². The molecule has 1 aromatic rings. The minimum atomic E-state index is -1.16. The van der Waals surface area contributed by atoms with E-state index in [1.165, 1.54) is 17.0 Å². The van der Waals surface area contributed by atoms with Gasteiger partial charge in [-0.2, -0.15) is 0 Å². The molecule has 0 spiro atoms. The Morgan fingerprint density at radius 3 is 2.61 bits per heavy atom. The van der Waals surface area contributed by atoms with E-state index < -0.39 is 10.9 Å². The maximum absolute atomic E-state index is 10.9. The Morgan fingerprint density at radius 1 is 1.56 bits per heavy atom. The van der Waals surface area contributed by atoms with Crippen LogP contribution in [0.1, 0.15) is 17.3 Å². The molecule has 7 heteroatoms. The smallest absolute Gasteiger partial charge is 0.335 e. The summed E-state index contributed by atoms with van der Waals surface area (Å²) >= 11 is 0. The first-order valence-corrected chi connectivity index (χ1v) is 5.24. The molecule has 0 saturated heterocycles. The number of aromatic carboxylic acids is 1. The van der Waals surface area contributed by atoms with Crippen molar-refractivity contribution in [3.8, 4) is 0 Å². The van der Waals surface area contributed by atoms with Crippen molar-refractivity contribution in [2.45, 2.75) is 13.0 Å². The lowest BCUT2D eigenvalue weighted by Crippen LogP contribution is -2.32. The molecular formula is C11H14N2O5. The van der Waals surface area contributed by atoms with Crippen LogP contribution >= 0.6 is 0 Å². The van der Waals surface area contributed by atoms with Gasteiger partial charge in [0.15, 0.2) is 0 Å². The molecule has 0 aliphatic carbocycles. The molecule has 1 rings (SSSR count). The number of carbonyl (C=O) groups is 1. The van der Waals surface area contributed by atoms with Crippen LogP contribution in [-0.4, -0.2) is 40.8 Å². The number of likely N-dealkylation sites (N-methyl/N-ethyl adjacent to an activating group) is 1. The number of aliphatic hydroxyl groups is 1. The molecule has 18 heavy (non-hydrogen) atoms. The van der Waals surface area contributed by atoms with Crippen LogP contribution in [0.3, 0.4) is 0 Å². The van der Waals surface area contributed by atoms with Crippen LogP contribution in [0.4, 0.5) is 11.4 Å². The highest BCUT2D eigenvalue weighted by Gasteiger charge is 2.22. The van der Waals surface area contributed by atoms with E-state index in [1.807, 2.05) is 0 Å². The number of carboxylic acid groups (broad SMARTS) is 1. The number of anilines is 1. The van der Waals surface area contributed by atoms with Crippen LogP contribution < -0.4 is 4.90 Å². The average molecular weight is 254 g/mol. The summed E-state index contributed by atoms with van der Waals surface area (Å²) in [6, 6.07) is 3.21. The zero-order valence-electron chi connectivity index (χ0n) is 10.0. The number of hydrogen-bond donors (Lipinski definition) is 2. The van der Waals surface area contributed by atoms with Crippen molar-refractivity contribution in [3.05, 3.63) is 33.9 Å². The molecule has 2 N–H and O–H groups in total. The third-order valence-electron chi connectivity index (χ3n) is 2.72. The molecule has 0 amide bonds. The quantitative estimate of drug-likeness (QED) is 0.602. The summed E-state index contributed by atoms with van der Waals surface area (Å²) < 4.78 is 0. The predicted octanol–water partition coefficient (Wildman–Crippen LogP) is 1.11. The zero-order chi connectivity index (χ0) is 13.9.